The molecule has 0 spiro atoms. The van der Waals surface area contributed by atoms with Gasteiger partial charge in [-0.05, 0) is 52.9 Å². The zero-order chi connectivity index (χ0) is 17.3. The molecule has 3 unspecified atom stereocenters. The van der Waals surface area contributed by atoms with Crippen molar-refractivity contribution in [2.24, 2.45) is 0 Å². The highest BCUT2D eigenvalue weighted by Gasteiger charge is 2.52. The molecule has 0 amide bonds. The van der Waals surface area contributed by atoms with Gasteiger partial charge in [-0.1, -0.05) is 46.5 Å². The van der Waals surface area contributed by atoms with Crippen LogP contribution in [0, 0.1) is 0 Å². The maximum absolute atomic E-state index is 6.62. The van der Waals surface area contributed by atoms with Crippen molar-refractivity contribution in [2.75, 3.05) is 0 Å². The van der Waals surface area contributed by atoms with Crippen molar-refractivity contribution in [3.63, 3.8) is 0 Å². The van der Waals surface area contributed by atoms with E-state index in [1.54, 1.807) is 0 Å². The summed E-state index contributed by atoms with van der Waals surface area (Å²) in [5.41, 5.74) is 0.474. The summed E-state index contributed by atoms with van der Waals surface area (Å²) in [4.78, 5) is 0. The van der Waals surface area contributed by atoms with E-state index >= 15 is 0 Å². The van der Waals surface area contributed by atoms with Gasteiger partial charge in [0.25, 0.3) is 0 Å². The third-order valence-corrected chi connectivity index (χ3v) is 8.95. The fourth-order valence-electron chi connectivity index (χ4n) is 3.10. The molecule has 23 heavy (non-hydrogen) atoms. The van der Waals surface area contributed by atoms with Crippen molar-refractivity contribution in [3.8, 4) is 0 Å². The van der Waals surface area contributed by atoms with Crippen LogP contribution < -0.4 is 0 Å². The van der Waals surface area contributed by atoms with Crippen LogP contribution in [0.15, 0.2) is 0 Å². The van der Waals surface area contributed by atoms with Crippen LogP contribution in [0.5, 0.6) is 0 Å². The molecule has 0 aliphatic heterocycles. The summed E-state index contributed by atoms with van der Waals surface area (Å²) in [5, 5.41) is 0. The average molecular weight is 345 g/mol. The van der Waals surface area contributed by atoms with E-state index in [1.165, 1.54) is 38.5 Å². The highest BCUT2D eigenvalue weighted by Crippen LogP contribution is 2.40. The first-order chi connectivity index (χ1) is 11.0. The van der Waals surface area contributed by atoms with Crippen molar-refractivity contribution in [1.82, 2.24) is 0 Å². The van der Waals surface area contributed by atoms with E-state index in [2.05, 4.69) is 41.5 Å². The maximum atomic E-state index is 6.62. The molecule has 3 atom stereocenters. The van der Waals surface area contributed by atoms with E-state index in [9.17, 15) is 0 Å². The summed E-state index contributed by atoms with van der Waals surface area (Å²) in [7, 11) is -2.68. The van der Waals surface area contributed by atoms with Gasteiger partial charge in [-0.2, -0.15) is 0 Å². The maximum Gasteiger partial charge on any atom is 0.504 e. The third kappa shape index (κ3) is 6.85. The predicted molar refractivity (Wildman–Crippen MR) is 99.7 cm³/mol. The first kappa shape index (κ1) is 21.1. The summed E-state index contributed by atoms with van der Waals surface area (Å²) in [6, 6.07) is 0. The molecule has 1 fully saturated rings. The molecule has 138 valence electrons. The Bertz CT molecular complexity index is 272. The fraction of sp³-hybridized carbons (Fsp3) is 1.00. The molecule has 0 aromatic carbocycles. The van der Waals surface area contributed by atoms with Gasteiger partial charge >= 0.3 is 8.80 Å². The van der Waals surface area contributed by atoms with Crippen LogP contribution in [0.4, 0.5) is 0 Å². The molecule has 1 aliphatic carbocycles. The highest BCUT2D eigenvalue weighted by atomic mass is 28.4. The molecule has 0 saturated heterocycles. The molecule has 0 N–H and O–H groups in total. The number of hydrogen-bond donors (Lipinski definition) is 0. The Labute approximate surface area is 145 Å². The van der Waals surface area contributed by atoms with Gasteiger partial charge in [0.1, 0.15) is 0 Å². The Morgan fingerprint density at radius 3 is 1.35 bits per heavy atom. The standard InChI is InChI=1S/C19H40O3Si/c1-7-16(4)20-23(21-17(5)8-2,22-18(6)9-3)19-14-12-10-11-13-15-19/h16-19H,7-15H2,1-6H3. The average Bonchev–Trinajstić information content (AvgIpc) is 2.83. The lowest BCUT2D eigenvalue weighted by Crippen LogP contribution is -2.55. The molecule has 1 aliphatic rings. The van der Waals surface area contributed by atoms with E-state index in [1.807, 2.05) is 0 Å². The molecule has 0 radical (unpaired) electrons. The lowest BCUT2D eigenvalue weighted by Gasteiger charge is -2.40. The second kappa shape index (κ2) is 10.9. The van der Waals surface area contributed by atoms with Gasteiger partial charge in [-0.15, -0.1) is 0 Å². The third-order valence-electron chi connectivity index (χ3n) is 5.18. The van der Waals surface area contributed by atoms with Gasteiger partial charge in [0.2, 0.25) is 0 Å². The van der Waals surface area contributed by atoms with Crippen LogP contribution in [0.2, 0.25) is 5.54 Å². The second-order valence-electron chi connectivity index (χ2n) is 7.30. The Morgan fingerprint density at radius 2 is 1.04 bits per heavy atom. The van der Waals surface area contributed by atoms with Crippen LogP contribution in [-0.2, 0) is 13.3 Å². The van der Waals surface area contributed by atoms with Crippen LogP contribution in [-0.4, -0.2) is 27.1 Å². The minimum atomic E-state index is -2.68. The lowest BCUT2D eigenvalue weighted by atomic mass is 10.2. The normalized spacial score (nSPS) is 23.7. The van der Waals surface area contributed by atoms with Crippen LogP contribution in [0.25, 0.3) is 0 Å². The number of rotatable bonds is 10. The first-order valence-electron chi connectivity index (χ1n) is 10.0. The fourth-order valence-corrected chi connectivity index (χ4v) is 7.14. The van der Waals surface area contributed by atoms with Crippen molar-refractivity contribution < 1.29 is 13.3 Å². The predicted octanol–water partition coefficient (Wildman–Crippen LogP) is 6.10. The molecule has 0 heterocycles. The van der Waals surface area contributed by atoms with Gasteiger partial charge in [0.15, 0.2) is 0 Å². The van der Waals surface area contributed by atoms with Gasteiger partial charge < -0.3 is 13.3 Å². The first-order valence-corrected chi connectivity index (χ1v) is 11.8. The minimum Gasteiger partial charge on any atom is -0.370 e. The zero-order valence-corrected chi connectivity index (χ0v) is 17.4. The summed E-state index contributed by atoms with van der Waals surface area (Å²) >= 11 is 0. The van der Waals surface area contributed by atoms with Gasteiger partial charge in [0.05, 0.1) is 0 Å². The molecule has 0 aromatic rings. The summed E-state index contributed by atoms with van der Waals surface area (Å²) in [6.45, 7) is 13.0. The summed E-state index contributed by atoms with van der Waals surface area (Å²) in [5.74, 6) is 0. The smallest absolute Gasteiger partial charge is 0.370 e. The molecular formula is C19H40O3Si. The SMILES string of the molecule is CCC(C)O[Si](OC(C)CC)(OC(C)CC)C1CCCCCC1. The molecule has 1 rings (SSSR count). The number of hydrogen-bond acceptors (Lipinski definition) is 3. The largest absolute Gasteiger partial charge is 0.504 e. The Kier molecular flexibility index (Phi) is 9.98. The molecule has 0 aromatic heterocycles. The van der Waals surface area contributed by atoms with Crippen molar-refractivity contribution in [1.29, 1.82) is 0 Å². The topological polar surface area (TPSA) is 27.7 Å². The van der Waals surface area contributed by atoms with Gasteiger partial charge in [-0.3, -0.25) is 0 Å². The van der Waals surface area contributed by atoms with Crippen LogP contribution >= 0.6 is 0 Å². The minimum absolute atomic E-state index is 0.207. The second-order valence-corrected chi connectivity index (χ2v) is 10.0. The van der Waals surface area contributed by atoms with Crippen molar-refractivity contribution in [3.05, 3.63) is 0 Å². The monoisotopic (exact) mass is 344 g/mol. The quantitative estimate of drug-likeness (QED) is 0.354. The summed E-state index contributed by atoms with van der Waals surface area (Å²) < 4.78 is 19.9. The Balaban J connectivity index is 3.06. The van der Waals surface area contributed by atoms with Gasteiger partial charge in [0, 0.05) is 23.9 Å². The van der Waals surface area contributed by atoms with E-state index in [4.69, 9.17) is 13.3 Å². The van der Waals surface area contributed by atoms with Crippen LogP contribution in [0.3, 0.4) is 0 Å². The zero-order valence-electron chi connectivity index (χ0n) is 16.4. The molecule has 1 saturated carbocycles. The molecular weight excluding hydrogens is 304 g/mol. The lowest BCUT2D eigenvalue weighted by molar-refractivity contribution is -0.0197. The van der Waals surface area contributed by atoms with E-state index < -0.39 is 8.80 Å². The Morgan fingerprint density at radius 1 is 0.696 bits per heavy atom. The van der Waals surface area contributed by atoms with Crippen molar-refractivity contribution in [2.45, 2.75) is 123 Å². The van der Waals surface area contributed by atoms with E-state index in [0.29, 0.717) is 5.54 Å². The summed E-state index contributed by atoms with van der Waals surface area (Å²) in [6.07, 6.45) is 11.3. The highest BCUT2D eigenvalue weighted by molar-refractivity contribution is 6.62. The van der Waals surface area contributed by atoms with Gasteiger partial charge in [-0.25, -0.2) is 0 Å². The Hall–Kier alpha value is 0.0969. The molecule has 0 bridgehead atoms. The molecule has 3 nitrogen and oxygen atoms in total. The van der Waals surface area contributed by atoms with Crippen molar-refractivity contribution >= 4 is 8.80 Å². The van der Waals surface area contributed by atoms with Crippen LogP contribution in [0.1, 0.15) is 99.3 Å². The van der Waals surface area contributed by atoms with E-state index in [0.717, 1.165) is 19.3 Å². The molecule has 4 heteroatoms. The van der Waals surface area contributed by atoms with E-state index in [-0.39, 0.29) is 18.3 Å².